The number of ether oxygens (including phenoxy) is 2. The van der Waals surface area contributed by atoms with Gasteiger partial charge in [0.25, 0.3) is 5.91 Å². The van der Waals surface area contributed by atoms with Gasteiger partial charge in [-0.1, -0.05) is 30.3 Å². The monoisotopic (exact) mass is 550 g/mol. The number of nitrogens with two attached hydrogens (primary N) is 1. The number of fused-ring (bicyclic) bond motifs is 1. The van der Waals surface area contributed by atoms with Crippen molar-refractivity contribution in [1.29, 1.82) is 5.26 Å². The summed E-state index contributed by atoms with van der Waals surface area (Å²) >= 11 is 0. The largest absolute Gasteiger partial charge is 0.457 e. The summed E-state index contributed by atoms with van der Waals surface area (Å²) in [4.78, 5) is 24.1. The van der Waals surface area contributed by atoms with Crippen molar-refractivity contribution in [1.82, 2.24) is 19.4 Å². The quantitative estimate of drug-likeness (QED) is 0.209. The van der Waals surface area contributed by atoms with E-state index in [2.05, 4.69) is 16.0 Å². The lowest BCUT2D eigenvalue weighted by Gasteiger charge is -2.26. The van der Waals surface area contributed by atoms with Gasteiger partial charge in [-0.25, -0.2) is 9.97 Å². The van der Waals surface area contributed by atoms with Gasteiger partial charge >= 0.3 is 0 Å². The van der Waals surface area contributed by atoms with Crippen LogP contribution in [0.25, 0.3) is 22.2 Å². The van der Waals surface area contributed by atoms with E-state index in [4.69, 9.17) is 15.2 Å². The van der Waals surface area contributed by atoms with Crippen LogP contribution in [0, 0.1) is 11.3 Å². The topological polar surface area (TPSA) is 119 Å². The number of carbonyl (C=O) groups is 1. The van der Waals surface area contributed by atoms with Gasteiger partial charge in [0.2, 0.25) is 0 Å². The van der Waals surface area contributed by atoms with Crippen molar-refractivity contribution in [2.45, 2.75) is 51.8 Å². The number of para-hydroxylation sites is 1. The fourth-order valence-corrected chi connectivity index (χ4v) is 5.41. The van der Waals surface area contributed by atoms with Crippen LogP contribution in [0.3, 0.4) is 0 Å². The Morgan fingerprint density at radius 3 is 2.59 bits per heavy atom. The van der Waals surface area contributed by atoms with Gasteiger partial charge in [-0.15, -0.1) is 0 Å². The molecule has 0 saturated carbocycles. The first-order chi connectivity index (χ1) is 19.8. The molecule has 2 N–H and O–H groups in total. The fraction of sp³-hybridized carbons (Fsp3) is 0.312. The molecular weight excluding hydrogens is 516 g/mol. The lowest BCUT2D eigenvalue weighted by molar-refractivity contribution is -0.127. The molecule has 0 aliphatic carbocycles. The average molecular weight is 551 g/mol. The number of amides is 1. The number of hydrogen-bond acceptors (Lipinski definition) is 7. The third-order valence-corrected chi connectivity index (χ3v) is 7.23. The van der Waals surface area contributed by atoms with Crippen molar-refractivity contribution >= 4 is 22.8 Å². The van der Waals surface area contributed by atoms with Gasteiger partial charge in [0.05, 0.1) is 17.0 Å². The van der Waals surface area contributed by atoms with E-state index in [0.29, 0.717) is 31.2 Å². The minimum atomic E-state index is -0.716. The van der Waals surface area contributed by atoms with E-state index in [1.807, 2.05) is 86.1 Å². The van der Waals surface area contributed by atoms with Crippen molar-refractivity contribution in [3.05, 3.63) is 78.8 Å². The van der Waals surface area contributed by atoms with Gasteiger partial charge in [0.1, 0.15) is 40.9 Å². The van der Waals surface area contributed by atoms with E-state index >= 15 is 0 Å². The highest BCUT2D eigenvalue weighted by Crippen LogP contribution is 2.35. The van der Waals surface area contributed by atoms with E-state index in [1.165, 1.54) is 6.33 Å². The number of rotatable bonds is 9. The molecule has 41 heavy (non-hydrogen) atoms. The van der Waals surface area contributed by atoms with E-state index < -0.39 is 5.60 Å². The lowest BCUT2D eigenvalue weighted by atomic mass is 10.0. The Balaban J connectivity index is 1.42. The Kier molecular flexibility index (Phi) is 8.04. The van der Waals surface area contributed by atoms with Crippen LogP contribution in [0.1, 0.15) is 33.6 Å². The molecule has 210 valence electrons. The summed E-state index contributed by atoms with van der Waals surface area (Å²) in [6, 6.07) is 19.4. The Morgan fingerprint density at radius 2 is 1.88 bits per heavy atom. The van der Waals surface area contributed by atoms with Crippen molar-refractivity contribution < 1.29 is 14.3 Å². The number of nitrogens with zero attached hydrogens (tertiary/aromatic N) is 5. The summed E-state index contributed by atoms with van der Waals surface area (Å²) in [5.74, 6) is 1.60. The molecule has 3 heterocycles. The maximum Gasteiger partial charge on any atom is 0.264 e. The van der Waals surface area contributed by atoms with Crippen molar-refractivity contribution in [2.24, 2.45) is 0 Å². The van der Waals surface area contributed by atoms with Gasteiger partial charge in [-0.05, 0) is 69.5 Å². The van der Waals surface area contributed by atoms with E-state index in [9.17, 15) is 10.1 Å². The smallest absolute Gasteiger partial charge is 0.264 e. The predicted octanol–water partition coefficient (Wildman–Crippen LogP) is 5.73. The molecule has 1 atom stereocenters. The zero-order chi connectivity index (χ0) is 29.0. The Labute approximate surface area is 239 Å². The van der Waals surface area contributed by atoms with Crippen LogP contribution in [0.15, 0.2) is 78.8 Å². The van der Waals surface area contributed by atoms with Gasteiger partial charge < -0.3 is 24.7 Å². The third-order valence-electron chi connectivity index (χ3n) is 7.23. The lowest BCUT2D eigenvalue weighted by Crippen LogP contribution is -2.39. The zero-order valence-electron chi connectivity index (χ0n) is 23.6. The predicted molar refractivity (Wildman–Crippen MR) is 158 cm³/mol. The molecule has 1 aliphatic rings. The Morgan fingerprint density at radius 1 is 1.15 bits per heavy atom. The number of likely N-dealkylation sites (tertiary alicyclic amines) is 1. The first kappa shape index (κ1) is 27.9. The highest BCUT2D eigenvalue weighted by molar-refractivity contribution is 6.01. The molecule has 2 aromatic carbocycles. The number of nitriles is 1. The summed E-state index contributed by atoms with van der Waals surface area (Å²) in [7, 11) is 0. The SMILES string of the molecule is CCOC(C)(C)C=C(C#N)C(=O)N1CCCC1Cn1cc(-c2ccc(Oc3ccccc3)cc2)c2c(N)ncnc21. The zero-order valence-corrected chi connectivity index (χ0v) is 23.6. The molecule has 0 radical (unpaired) electrons. The molecule has 4 aromatic rings. The second-order valence-electron chi connectivity index (χ2n) is 10.6. The summed E-state index contributed by atoms with van der Waals surface area (Å²) in [5.41, 5.74) is 8.28. The minimum absolute atomic E-state index is 0.0952. The Hall–Kier alpha value is -4.68. The summed E-state index contributed by atoms with van der Waals surface area (Å²) in [6.07, 6.45) is 6.77. The molecule has 1 unspecified atom stereocenters. The summed E-state index contributed by atoms with van der Waals surface area (Å²) < 4.78 is 13.7. The molecule has 5 rings (SSSR count). The average Bonchev–Trinajstić information content (AvgIpc) is 3.58. The van der Waals surface area contributed by atoms with E-state index in [1.54, 1.807) is 11.0 Å². The van der Waals surface area contributed by atoms with Crippen LogP contribution in [0.4, 0.5) is 5.82 Å². The van der Waals surface area contributed by atoms with Crippen LogP contribution < -0.4 is 10.5 Å². The third kappa shape index (κ3) is 6.08. The highest BCUT2D eigenvalue weighted by Gasteiger charge is 2.32. The molecular formula is C32H34N6O3. The van der Waals surface area contributed by atoms with Crippen LogP contribution in [0.2, 0.25) is 0 Å². The van der Waals surface area contributed by atoms with E-state index in [0.717, 1.165) is 40.9 Å². The minimum Gasteiger partial charge on any atom is -0.457 e. The molecule has 9 heteroatoms. The van der Waals surface area contributed by atoms with Crippen molar-refractivity contribution in [2.75, 3.05) is 18.9 Å². The summed E-state index contributed by atoms with van der Waals surface area (Å²) in [6.45, 7) is 7.17. The first-order valence-corrected chi connectivity index (χ1v) is 13.8. The van der Waals surface area contributed by atoms with Crippen LogP contribution in [-0.2, 0) is 16.1 Å². The molecule has 1 saturated heterocycles. The molecule has 0 spiro atoms. The van der Waals surface area contributed by atoms with Crippen LogP contribution in [-0.4, -0.2) is 50.1 Å². The molecule has 1 fully saturated rings. The van der Waals surface area contributed by atoms with Gasteiger partial charge in [0.15, 0.2) is 0 Å². The maximum atomic E-state index is 13.5. The van der Waals surface area contributed by atoms with Crippen molar-refractivity contribution in [3.63, 3.8) is 0 Å². The Bertz CT molecular complexity index is 1600. The second-order valence-corrected chi connectivity index (χ2v) is 10.6. The molecule has 2 aromatic heterocycles. The number of hydrogen-bond donors (Lipinski definition) is 1. The van der Waals surface area contributed by atoms with Crippen LogP contribution >= 0.6 is 0 Å². The fourth-order valence-electron chi connectivity index (χ4n) is 5.41. The molecule has 0 bridgehead atoms. The van der Waals surface area contributed by atoms with Gasteiger partial charge in [-0.3, -0.25) is 4.79 Å². The maximum absolute atomic E-state index is 13.5. The standard InChI is InChI=1S/C32H34N6O3/c1-4-40-32(2,3)17-23(18-33)31(39)38-16-8-9-24(38)19-37-20-27(28-29(34)35-21-36-30(28)37)22-12-14-26(15-13-22)41-25-10-6-5-7-11-25/h5-7,10-15,17,20-21,24H,4,8-9,16,19H2,1-3H3,(H2,34,35,36). The van der Waals surface area contributed by atoms with Gasteiger partial charge in [0, 0.05) is 31.5 Å². The normalized spacial score (nSPS) is 15.7. The molecule has 1 amide bonds. The van der Waals surface area contributed by atoms with Gasteiger partial charge in [-0.2, -0.15) is 5.26 Å². The van der Waals surface area contributed by atoms with E-state index in [-0.39, 0.29) is 17.5 Å². The number of carbonyl (C=O) groups excluding carboxylic acids is 1. The molecule has 9 nitrogen and oxygen atoms in total. The molecule has 1 aliphatic heterocycles. The first-order valence-electron chi connectivity index (χ1n) is 13.8. The highest BCUT2D eigenvalue weighted by atomic mass is 16.5. The number of aromatic nitrogens is 3. The van der Waals surface area contributed by atoms with Crippen molar-refractivity contribution in [3.8, 4) is 28.7 Å². The number of anilines is 1. The summed E-state index contributed by atoms with van der Waals surface area (Å²) in [5, 5.41) is 10.6. The number of benzene rings is 2. The second kappa shape index (κ2) is 11.8. The van der Waals surface area contributed by atoms with Crippen LogP contribution in [0.5, 0.6) is 11.5 Å². The number of nitrogen functional groups attached to an aromatic ring is 1.